The number of pyridine rings is 1. The minimum Gasteiger partial charge on any atom is -0.267 e. The predicted octanol–water partition coefficient (Wildman–Crippen LogP) is 5.08. The summed E-state index contributed by atoms with van der Waals surface area (Å²) in [5.74, 6) is -2.12. The molecule has 0 unspecified atom stereocenters. The van der Waals surface area contributed by atoms with E-state index in [1.807, 2.05) is 12.1 Å². The number of rotatable bonds is 4. The minimum absolute atomic E-state index is 0.0723. The Hall–Kier alpha value is -3.41. The molecule has 4 aromatic rings. The van der Waals surface area contributed by atoms with Gasteiger partial charge in [0.15, 0.2) is 11.6 Å². The van der Waals surface area contributed by atoms with Crippen molar-refractivity contribution in [3.05, 3.63) is 96.2 Å². The average Bonchev–Trinajstić information content (AvgIpc) is 3.11. The van der Waals surface area contributed by atoms with Crippen LogP contribution >= 0.6 is 0 Å². The number of hydrogen-bond acceptors (Lipinski definition) is 2. The fraction of sp³-hybridized carbons (Fsp3) is 0.0476. The van der Waals surface area contributed by atoms with Crippen LogP contribution in [-0.2, 0) is 6.54 Å². The van der Waals surface area contributed by atoms with Gasteiger partial charge in [0, 0.05) is 35.3 Å². The molecule has 0 N–H and O–H groups in total. The summed E-state index contributed by atoms with van der Waals surface area (Å²) >= 11 is 0. The molecule has 4 rings (SSSR count). The van der Waals surface area contributed by atoms with Gasteiger partial charge in [-0.1, -0.05) is 12.1 Å². The molecule has 0 saturated carbocycles. The summed E-state index contributed by atoms with van der Waals surface area (Å²) < 4.78 is 42.3. The molecule has 0 radical (unpaired) electrons. The highest BCUT2D eigenvalue weighted by molar-refractivity contribution is 5.80. The maximum absolute atomic E-state index is 14.0. The van der Waals surface area contributed by atoms with Crippen LogP contribution in [0, 0.1) is 17.5 Å². The summed E-state index contributed by atoms with van der Waals surface area (Å²) in [7, 11) is 0. The van der Waals surface area contributed by atoms with Crippen molar-refractivity contribution in [1.29, 1.82) is 0 Å². The summed E-state index contributed by atoms with van der Waals surface area (Å²) in [6.07, 6.45) is 5.08. The third-order valence-corrected chi connectivity index (χ3v) is 4.23. The number of halogens is 3. The standard InChI is InChI=1S/C21H14F3N3/c22-17-6-4-15(5-7-17)21-18(14-8-10-25-11-9-14)13-27(26-21)12-16-2-1-3-19(23)20(16)24/h1-11,13H,12H2. The second-order valence-electron chi connectivity index (χ2n) is 6.04. The summed E-state index contributed by atoms with van der Waals surface area (Å²) in [5, 5.41) is 4.54. The van der Waals surface area contributed by atoms with Gasteiger partial charge in [0.2, 0.25) is 0 Å². The van der Waals surface area contributed by atoms with Crippen molar-refractivity contribution < 1.29 is 13.2 Å². The van der Waals surface area contributed by atoms with Crippen LogP contribution in [0.25, 0.3) is 22.4 Å². The molecular formula is C21H14F3N3. The van der Waals surface area contributed by atoms with Crippen LogP contribution in [0.1, 0.15) is 5.56 Å². The molecule has 2 aromatic heterocycles. The Morgan fingerprint density at radius 3 is 2.30 bits per heavy atom. The van der Waals surface area contributed by atoms with Crippen LogP contribution in [0.3, 0.4) is 0 Å². The summed E-state index contributed by atoms with van der Waals surface area (Å²) in [5.41, 5.74) is 3.21. The summed E-state index contributed by atoms with van der Waals surface area (Å²) in [6.45, 7) is 0.0723. The summed E-state index contributed by atoms with van der Waals surface area (Å²) in [4.78, 5) is 4.01. The zero-order valence-corrected chi connectivity index (χ0v) is 14.1. The Balaban J connectivity index is 1.80. The van der Waals surface area contributed by atoms with Crippen LogP contribution in [0.5, 0.6) is 0 Å². The first-order chi connectivity index (χ1) is 13.1. The van der Waals surface area contributed by atoms with E-state index in [-0.39, 0.29) is 17.9 Å². The molecule has 0 aliphatic heterocycles. The quantitative estimate of drug-likeness (QED) is 0.505. The lowest BCUT2D eigenvalue weighted by atomic mass is 10.0. The first-order valence-corrected chi connectivity index (χ1v) is 8.28. The Morgan fingerprint density at radius 1 is 0.815 bits per heavy atom. The molecule has 0 amide bonds. The van der Waals surface area contributed by atoms with Gasteiger partial charge in [-0.25, -0.2) is 13.2 Å². The Labute approximate surface area is 153 Å². The van der Waals surface area contributed by atoms with Crippen molar-refractivity contribution in [3.8, 4) is 22.4 Å². The lowest BCUT2D eigenvalue weighted by molar-refractivity contribution is 0.492. The van der Waals surface area contributed by atoms with Crippen molar-refractivity contribution >= 4 is 0 Å². The number of hydrogen-bond donors (Lipinski definition) is 0. The van der Waals surface area contributed by atoms with E-state index in [2.05, 4.69) is 10.1 Å². The van der Waals surface area contributed by atoms with Gasteiger partial charge < -0.3 is 0 Å². The normalized spacial score (nSPS) is 10.9. The van der Waals surface area contributed by atoms with Crippen molar-refractivity contribution in [2.45, 2.75) is 6.54 Å². The smallest absolute Gasteiger partial charge is 0.163 e. The van der Waals surface area contributed by atoms with Gasteiger partial charge in [-0.3, -0.25) is 9.67 Å². The number of benzene rings is 2. The lowest BCUT2D eigenvalue weighted by Crippen LogP contribution is -2.04. The maximum Gasteiger partial charge on any atom is 0.163 e. The van der Waals surface area contributed by atoms with E-state index in [0.29, 0.717) is 5.69 Å². The maximum atomic E-state index is 14.0. The molecule has 3 nitrogen and oxygen atoms in total. The first kappa shape index (κ1) is 17.0. The Bertz CT molecular complexity index is 1070. The second-order valence-corrected chi connectivity index (χ2v) is 6.04. The van der Waals surface area contributed by atoms with E-state index in [4.69, 9.17) is 0 Å². The van der Waals surface area contributed by atoms with E-state index in [1.54, 1.807) is 35.4 Å². The summed E-state index contributed by atoms with van der Waals surface area (Å²) in [6, 6.07) is 13.7. The van der Waals surface area contributed by atoms with E-state index in [1.165, 1.54) is 24.3 Å². The molecule has 0 aliphatic carbocycles. The molecule has 27 heavy (non-hydrogen) atoms. The van der Waals surface area contributed by atoms with Gasteiger partial charge in [0.1, 0.15) is 11.5 Å². The monoisotopic (exact) mass is 365 g/mol. The second kappa shape index (κ2) is 7.07. The third-order valence-electron chi connectivity index (χ3n) is 4.23. The molecule has 2 aromatic carbocycles. The van der Waals surface area contributed by atoms with E-state index < -0.39 is 11.6 Å². The van der Waals surface area contributed by atoms with Crippen LogP contribution in [0.2, 0.25) is 0 Å². The predicted molar refractivity (Wildman–Crippen MR) is 96.3 cm³/mol. The van der Waals surface area contributed by atoms with Gasteiger partial charge in [0.25, 0.3) is 0 Å². The lowest BCUT2D eigenvalue weighted by Gasteiger charge is -2.04. The Morgan fingerprint density at radius 2 is 1.56 bits per heavy atom. The van der Waals surface area contributed by atoms with Crippen LogP contribution < -0.4 is 0 Å². The third kappa shape index (κ3) is 3.46. The SMILES string of the molecule is Fc1ccc(-c2nn(Cc3cccc(F)c3F)cc2-c2ccncc2)cc1. The molecular weight excluding hydrogens is 351 g/mol. The molecule has 0 saturated heterocycles. The molecule has 6 heteroatoms. The zero-order valence-electron chi connectivity index (χ0n) is 14.1. The molecule has 0 fully saturated rings. The molecule has 2 heterocycles. The van der Waals surface area contributed by atoms with E-state index >= 15 is 0 Å². The fourth-order valence-electron chi connectivity index (χ4n) is 2.91. The Kier molecular flexibility index (Phi) is 4.46. The molecule has 0 spiro atoms. The number of nitrogens with zero attached hydrogens (tertiary/aromatic N) is 3. The van der Waals surface area contributed by atoms with Crippen molar-refractivity contribution in [2.24, 2.45) is 0 Å². The topological polar surface area (TPSA) is 30.7 Å². The molecule has 0 atom stereocenters. The van der Waals surface area contributed by atoms with E-state index in [9.17, 15) is 13.2 Å². The van der Waals surface area contributed by atoms with Gasteiger partial charge in [0.05, 0.1) is 6.54 Å². The van der Waals surface area contributed by atoms with Crippen LogP contribution in [0.15, 0.2) is 73.2 Å². The van der Waals surface area contributed by atoms with E-state index in [0.717, 1.165) is 22.8 Å². The number of aromatic nitrogens is 3. The fourth-order valence-corrected chi connectivity index (χ4v) is 2.91. The first-order valence-electron chi connectivity index (χ1n) is 8.28. The highest BCUT2D eigenvalue weighted by Crippen LogP contribution is 2.31. The minimum atomic E-state index is -0.896. The molecule has 0 aliphatic rings. The molecule has 0 bridgehead atoms. The molecule has 134 valence electrons. The highest BCUT2D eigenvalue weighted by atomic mass is 19.2. The van der Waals surface area contributed by atoms with Gasteiger partial charge >= 0.3 is 0 Å². The zero-order chi connectivity index (χ0) is 18.8. The van der Waals surface area contributed by atoms with Crippen molar-refractivity contribution in [3.63, 3.8) is 0 Å². The van der Waals surface area contributed by atoms with Crippen molar-refractivity contribution in [2.75, 3.05) is 0 Å². The largest absolute Gasteiger partial charge is 0.267 e. The highest BCUT2D eigenvalue weighted by Gasteiger charge is 2.15. The van der Waals surface area contributed by atoms with Crippen LogP contribution in [-0.4, -0.2) is 14.8 Å². The van der Waals surface area contributed by atoms with Gasteiger partial charge in [-0.2, -0.15) is 5.10 Å². The van der Waals surface area contributed by atoms with Gasteiger partial charge in [-0.15, -0.1) is 0 Å². The van der Waals surface area contributed by atoms with Crippen molar-refractivity contribution in [1.82, 2.24) is 14.8 Å². The van der Waals surface area contributed by atoms with Gasteiger partial charge in [-0.05, 0) is 48.0 Å². The van der Waals surface area contributed by atoms with Crippen LogP contribution in [0.4, 0.5) is 13.2 Å². The average molecular weight is 365 g/mol.